The van der Waals surface area contributed by atoms with Gasteiger partial charge in [-0.15, -0.1) is 10.2 Å². The standard InChI is InChI=1S/C19H15N5S/c1-2-8-14(9-3-1)17(15-10-4-6-12-20-15)22-19-24-23-18(25-19)16-11-5-7-13-21-16/h1-13,17H,(H,22,24). The Kier molecular flexibility index (Phi) is 4.43. The van der Waals surface area contributed by atoms with Crippen molar-refractivity contribution < 1.29 is 0 Å². The molecule has 0 aliphatic heterocycles. The van der Waals surface area contributed by atoms with Crippen molar-refractivity contribution in [1.29, 1.82) is 0 Å². The van der Waals surface area contributed by atoms with Crippen molar-refractivity contribution in [3.63, 3.8) is 0 Å². The molecule has 0 aliphatic rings. The maximum atomic E-state index is 4.50. The maximum Gasteiger partial charge on any atom is 0.206 e. The van der Waals surface area contributed by atoms with Gasteiger partial charge in [0, 0.05) is 12.4 Å². The normalized spacial score (nSPS) is 11.8. The molecule has 0 amide bonds. The van der Waals surface area contributed by atoms with Gasteiger partial charge in [-0.3, -0.25) is 9.97 Å². The van der Waals surface area contributed by atoms with Gasteiger partial charge in [0.25, 0.3) is 0 Å². The lowest BCUT2D eigenvalue weighted by molar-refractivity contribution is 0.877. The summed E-state index contributed by atoms with van der Waals surface area (Å²) in [5, 5.41) is 13.5. The van der Waals surface area contributed by atoms with Gasteiger partial charge in [0.05, 0.1) is 11.7 Å². The number of pyridine rings is 2. The van der Waals surface area contributed by atoms with Crippen molar-refractivity contribution in [2.45, 2.75) is 6.04 Å². The molecule has 25 heavy (non-hydrogen) atoms. The molecule has 4 aromatic rings. The first-order valence-electron chi connectivity index (χ1n) is 7.87. The average Bonchev–Trinajstić information content (AvgIpc) is 3.17. The Bertz CT molecular complexity index is 886. The molecule has 1 atom stereocenters. The summed E-state index contributed by atoms with van der Waals surface area (Å²) in [6.07, 6.45) is 3.55. The molecule has 6 heteroatoms. The van der Waals surface area contributed by atoms with Crippen LogP contribution in [0.25, 0.3) is 10.7 Å². The highest BCUT2D eigenvalue weighted by Gasteiger charge is 2.17. The fourth-order valence-corrected chi connectivity index (χ4v) is 3.27. The number of hydrogen-bond donors (Lipinski definition) is 1. The number of aromatic nitrogens is 4. The Balaban J connectivity index is 1.65. The first-order valence-corrected chi connectivity index (χ1v) is 8.69. The molecule has 0 saturated heterocycles. The summed E-state index contributed by atoms with van der Waals surface area (Å²) in [5.41, 5.74) is 2.88. The van der Waals surface area contributed by atoms with Crippen LogP contribution in [0.5, 0.6) is 0 Å². The molecule has 0 radical (unpaired) electrons. The van der Waals surface area contributed by atoms with E-state index >= 15 is 0 Å². The lowest BCUT2D eigenvalue weighted by Gasteiger charge is -2.17. The predicted octanol–water partition coefficient (Wildman–Crippen LogP) is 4.20. The number of rotatable bonds is 5. The van der Waals surface area contributed by atoms with E-state index in [0.717, 1.165) is 27.1 Å². The first-order chi connectivity index (χ1) is 12.4. The smallest absolute Gasteiger partial charge is 0.206 e. The number of benzene rings is 1. The van der Waals surface area contributed by atoms with Gasteiger partial charge in [-0.05, 0) is 29.8 Å². The third-order valence-corrected chi connectivity index (χ3v) is 4.57. The number of hydrogen-bond acceptors (Lipinski definition) is 6. The lowest BCUT2D eigenvalue weighted by atomic mass is 10.0. The third kappa shape index (κ3) is 3.54. The number of nitrogens with zero attached hydrogens (tertiary/aromatic N) is 4. The molecule has 3 heterocycles. The molecule has 1 aromatic carbocycles. The SMILES string of the molecule is c1ccc(C(Nc2nnc(-c3ccccn3)s2)c2ccccn2)cc1. The van der Waals surface area contributed by atoms with Crippen molar-refractivity contribution in [1.82, 2.24) is 20.2 Å². The fraction of sp³-hybridized carbons (Fsp3) is 0.0526. The summed E-state index contributed by atoms with van der Waals surface area (Å²) in [7, 11) is 0. The molecule has 0 fully saturated rings. The van der Waals surface area contributed by atoms with Crippen LogP contribution in [0.2, 0.25) is 0 Å². The average molecular weight is 345 g/mol. The van der Waals surface area contributed by atoms with Crippen LogP contribution in [0.3, 0.4) is 0 Å². The van der Waals surface area contributed by atoms with Gasteiger partial charge in [-0.1, -0.05) is 53.8 Å². The van der Waals surface area contributed by atoms with Crippen molar-refractivity contribution in [3.05, 3.63) is 90.4 Å². The Morgan fingerprint density at radius 1 is 0.760 bits per heavy atom. The van der Waals surface area contributed by atoms with E-state index in [9.17, 15) is 0 Å². The molecule has 0 spiro atoms. The number of nitrogens with one attached hydrogen (secondary N) is 1. The third-order valence-electron chi connectivity index (χ3n) is 3.69. The number of anilines is 1. The van der Waals surface area contributed by atoms with Gasteiger partial charge in [0.15, 0.2) is 5.01 Å². The zero-order valence-corrected chi connectivity index (χ0v) is 14.1. The van der Waals surface area contributed by atoms with Crippen LogP contribution in [0.4, 0.5) is 5.13 Å². The maximum absolute atomic E-state index is 4.50. The van der Waals surface area contributed by atoms with Gasteiger partial charge < -0.3 is 5.32 Å². The minimum atomic E-state index is -0.0908. The molecule has 0 saturated carbocycles. The zero-order valence-electron chi connectivity index (χ0n) is 13.3. The second-order valence-corrected chi connectivity index (χ2v) is 6.35. The minimum absolute atomic E-state index is 0.0908. The molecular formula is C19H15N5S. The van der Waals surface area contributed by atoms with E-state index in [0.29, 0.717) is 0 Å². The van der Waals surface area contributed by atoms with Crippen LogP contribution < -0.4 is 5.32 Å². The minimum Gasteiger partial charge on any atom is -0.348 e. The summed E-state index contributed by atoms with van der Waals surface area (Å²) >= 11 is 1.48. The molecule has 0 aliphatic carbocycles. The lowest BCUT2D eigenvalue weighted by Crippen LogP contribution is -2.13. The Morgan fingerprint density at radius 3 is 2.24 bits per heavy atom. The predicted molar refractivity (Wildman–Crippen MR) is 99.3 cm³/mol. The van der Waals surface area contributed by atoms with Gasteiger partial charge in [-0.2, -0.15) is 0 Å². The van der Waals surface area contributed by atoms with Gasteiger partial charge in [-0.25, -0.2) is 0 Å². The van der Waals surface area contributed by atoms with E-state index in [4.69, 9.17) is 0 Å². The van der Waals surface area contributed by atoms with Crippen LogP contribution >= 0.6 is 11.3 Å². The largest absolute Gasteiger partial charge is 0.348 e. The molecule has 3 aromatic heterocycles. The molecular weight excluding hydrogens is 330 g/mol. The van der Waals surface area contributed by atoms with Crippen molar-refractivity contribution in [3.8, 4) is 10.7 Å². The highest BCUT2D eigenvalue weighted by Crippen LogP contribution is 2.30. The van der Waals surface area contributed by atoms with Crippen molar-refractivity contribution in [2.24, 2.45) is 0 Å². The van der Waals surface area contributed by atoms with Crippen LogP contribution in [-0.2, 0) is 0 Å². The van der Waals surface area contributed by atoms with Crippen LogP contribution in [0, 0.1) is 0 Å². The van der Waals surface area contributed by atoms with E-state index in [1.807, 2.05) is 54.6 Å². The second kappa shape index (κ2) is 7.19. The fourth-order valence-electron chi connectivity index (χ4n) is 2.52. The van der Waals surface area contributed by atoms with Gasteiger partial charge in [0.2, 0.25) is 5.13 Å². The molecule has 122 valence electrons. The second-order valence-electron chi connectivity index (χ2n) is 5.37. The summed E-state index contributed by atoms with van der Waals surface area (Å²) in [5.74, 6) is 0. The highest BCUT2D eigenvalue weighted by atomic mass is 32.1. The van der Waals surface area contributed by atoms with Crippen LogP contribution in [-0.4, -0.2) is 20.2 Å². The van der Waals surface area contributed by atoms with Crippen LogP contribution in [0.15, 0.2) is 79.1 Å². The summed E-state index contributed by atoms with van der Waals surface area (Å²) in [6, 6.07) is 21.8. The van der Waals surface area contributed by atoms with Crippen LogP contribution in [0.1, 0.15) is 17.3 Å². The molecule has 0 bridgehead atoms. The van der Waals surface area contributed by atoms with E-state index < -0.39 is 0 Å². The summed E-state index contributed by atoms with van der Waals surface area (Å²) < 4.78 is 0. The summed E-state index contributed by atoms with van der Waals surface area (Å²) in [6.45, 7) is 0. The summed E-state index contributed by atoms with van der Waals surface area (Å²) in [4.78, 5) is 8.82. The Morgan fingerprint density at radius 2 is 1.52 bits per heavy atom. The van der Waals surface area contributed by atoms with Gasteiger partial charge >= 0.3 is 0 Å². The van der Waals surface area contributed by atoms with E-state index in [2.05, 4.69) is 37.6 Å². The molecule has 1 N–H and O–H groups in total. The van der Waals surface area contributed by atoms with E-state index in [1.165, 1.54) is 11.3 Å². The Labute approximate surface area is 149 Å². The highest BCUT2D eigenvalue weighted by molar-refractivity contribution is 7.18. The molecule has 1 unspecified atom stereocenters. The van der Waals surface area contributed by atoms with Crippen molar-refractivity contribution in [2.75, 3.05) is 5.32 Å². The molecule has 5 nitrogen and oxygen atoms in total. The first kappa shape index (κ1) is 15.4. The quantitative estimate of drug-likeness (QED) is 0.587. The van der Waals surface area contributed by atoms with E-state index in [1.54, 1.807) is 12.4 Å². The monoisotopic (exact) mass is 345 g/mol. The topological polar surface area (TPSA) is 63.6 Å². The van der Waals surface area contributed by atoms with Crippen molar-refractivity contribution >= 4 is 16.5 Å². The zero-order chi connectivity index (χ0) is 16.9. The molecule has 4 rings (SSSR count). The van der Waals surface area contributed by atoms with Gasteiger partial charge in [0.1, 0.15) is 5.69 Å². The van der Waals surface area contributed by atoms with E-state index in [-0.39, 0.29) is 6.04 Å². The Hall–Kier alpha value is -3.12.